The molecule has 0 aliphatic carbocycles. The first-order valence-corrected chi connectivity index (χ1v) is 9.40. The molecule has 0 aliphatic rings. The molecule has 0 aliphatic heterocycles. The van der Waals surface area contributed by atoms with Crippen LogP contribution in [0.2, 0.25) is 10.0 Å². The molecular weight excluding hydrogens is 383 g/mol. The van der Waals surface area contributed by atoms with E-state index >= 15 is 0 Å². The first kappa shape index (κ1) is 19.3. The van der Waals surface area contributed by atoms with Gasteiger partial charge in [0.1, 0.15) is 0 Å². The molecule has 0 bridgehead atoms. The van der Waals surface area contributed by atoms with E-state index in [0.29, 0.717) is 22.3 Å². The summed E-state index contributed by atoms with van der Waals surface area (Å²) in [6.07, 6.45) is 6.54. The highest BCUT2D eigenvalue weighted by molar-refractivity contribution is 6.39. The fraction of sp³-hybridized carbons (Fsp3) is 0.200. The predicted octanol–water partition coefficient (Wildman–Crippen LogP) is 4.68. The molecule has 0 unspecified atom stereocenters. The molecule has 1 aromatic heterocycles. The second-order valence-corrected chi connectivity index (χ2v) is 6.87. The lowest BCUT2D eigenvalue weighted by molar-refractivity contribution is -0.120. The molecule has 3 aromatic rings. The molecule has 1 heterocycles. The molecule has 0 spiro atoms. The molecule has 0 atom stereocenters. The molecule has 0 saturated heterocycles. The minimum absolute atomic E-state index is 0.0277. The lowest BCUT2D eigenvalue weighted by Gasteiger charge is -2.14. The number of halogens is 2. The molecule has 3 rings (SSSR count). The van der Waals surface area contributed by atoms with Crippen molar-refractivity contribution in [2.75, 3.05) is 11.9 Å². The predicted molar refractivity (Wildman–Crippen MR) is 110 cm³/mol. The summed E-state index contributed by atoms with van der Waals surface area (Å²) >= 11 is 12.5. The van der Waals surface area contributed by atoms with Gasteiger partial charge in [0.2, 0.25) is 5.91 Å². The average molecular weight is 403 g/mol. The Hall–Kier alpha value is -2.50. The number of carbonyl (C=O) groups is 1. The van der Waals surface area contributed by atoms with E-state index < -0.39 is 0 Å². The molecule has 0 saturated carbocycles. The minimum atomic E-state index is -0.0277. The summed E-state index contributed by atoms with van der Waals surface area (Å²) in [5, 5.41) is 7.26. The highest BCUT2D eigenvalue weighted by Gasteiger charge is 2.11. The highest BCUT2D eigenvalue weighted by atomic mass is 35.5. The summed E-state index contributed by atoms with van der Waals surface area (Å²) in [5.41, 5.74) is 2.32. The van der Waals surface area contributed by atoms with E-state index in [-0.39, 0.29) is 12.3 Å². The average Bonchev–Trinajstić information content (AvgIpc) is 3.17. The van der Waals surface area contributed by atoms with Gasteiger partial charge in [-0.05, 0) is 30.2 Å². The Labute approximate surface area is 168 Å². The van der Waals surface area contributed by atoms with Crippen molar-refractivity contribution in [3.05, 3.63) is 76.8 Å². The zero-order valence-corrected chi connectivity index (χ0v) is 16.2. The molecule has 2 N–H and O–H groups in total. The molecule has 1 amide bonds. The first-order chi connectivity index (χ1) is 13.1. The zero-order chi connectivity index (χ0) is 19.1. The van der Waals surface area contributed by atoms with Gasteiger partial charge in [-0.3, -0.25) is 4.79 Å². The van der Waals surface area contributed by atoms with Gasteiger partial charge < -0.3 is 15.2 Å². The van der Waals surface area contributed by atoms with Crippen molar-refractivity contribution in [3.63, 3.8) is 0 Å². The van der Waals surface area contributed by atoms with Crippen molar-refractivity contribution < 1.29 is 4.79 Å². The maximum absolute atomic E-state index is 12.3. The van der Waals surface area contributed by atoms with Crippen LogP contribution in [-0.4, -0.2) is 22.0 Å². The number of aromatic nitrogens is 2. The second-order valence-electron chi connectivity index (χ2n) is 6.06. The SMILES string of the molecule is O=C(Cc1ccccc1Nc1c(Cl)cccc1Cl)NCCCn1ccnc1. The Bertz CT molecular complexity index is 877. The van der Waals surface area contributed by atoms with Crippen LogP contribution in [0.3, 0.4) is 0 Å². The Kier molecular flexibility index (Phi) is 6.74. The number of aryl methyl sites for hydroxylation is 1. The van der Waals surface area contributed by atoms with E-state index in [4.69, 9.17) is 23.2 Å². The number of imidazole rings is 1. The van der Waals surface area contributed by atoms with Gasteiger partial charge >= 0.3 is 0 Å². The summed E-state index contributed by atoms with van der Waals surface area (Å²) in [6, 6.07) is 13.0. The lowest BCUT2D eigenvalue weighted by atomic mass is 10.1. The second kappa shape index (κ2) is 9.44. The van der Waals surface area contributed by atoms with E-state index in [1.54, 1.807) is 30.7 Å². The Balaban J connectivity index is 1.58. The van der Waals surface area contributed by atoms with Crippen molar-refractivity contribution in [2.45, 2.75) is 19.4 Å². The number of rotatable bonds is 8. The Morgan fingerprint density at radius 3 is 2.59 bits per heavy atom. The number of para-hydroxylation sites is 2. The van der Waals surface area contributed by atoms with Crippen LogP contribution in [0.5, 0.6) is 0 Å². The number of carbonyl (C=O) groups excluding carboxylic acids is 1. The monoisotopic (exact) mass is 402 g/mol. The number of hydrogen-bond acceptors (Lipinski definition) is 3. The molecule has 5 nitrogen and oxygen atoms in total. The molecule has 0 fully saturated rings. The van der Waals surface area contributed by atoms with Gasteiger partial charge in [0.15, 0.2) is 0 Å². The van der Waals surface area contributed by atoms with Crippen LogP contribution in [0.4, 0.5) is 11.4 Å². The van der Waals surface area contributed by atoms with Gasteiger partial charge in [-0.25, -0.2) is 4.98 Å². The standard InChI is InChI=1S/C20H20Cl2N4O/c21-16-6-3-7-17(22)20(16)25-18-8-2-1-5-15(18)13-19(27)24-9-4-11-26-12-10-23-14-26/h1-3,5-8,10,12,14,25H,4,9,11,13H2,(H,24,27). The van der Waals surface area contributed by atoms with Gasteiger partial charge in [0.05, 0.1) is 28.5 Å². The Morgan fingerprint density at radius 2 is 1.85 bits per heavy atom. The summed E-state index contributed by atoms with van der Waals surface area (Å²) in [6.45, 7) is 1.44. The van der Waals surface area contributed by atoms with E-state index in [1.165, 1.54) is 0 Å². The van der Waals surface area contributed by atoms with Crippen molar-refractivity contribution in [1.82, 2.24) is 14.9 Å². The van der Waals surface area contributed by atoms with Gasteiger partial charge in [-0.1, -0.05) is 47.5 Å². The third-order valence-corrected chi connectivity index (χ3v) is 4.70. The van der Waals surface area contributed by atoms with Gasteiger partial charge in [-0.15, -0.1) is 0 Å². The number of anilines is 2. The van der Waals surface area contributed by atoms with Crippen molar-refractivity contribution >= 4 is 40.5 Å². The third kappa shape index (κ3) is 5.49. The summed E-state index contributed by atoms with van der Waals surface area (Å²) in [7, 11) is 0. The fourth-order valence-electron chi connectivity index (χ4n) is 2.69. The summed E-state index contributed by atoms with van der Waals surface area (Å²) in [4.78, 5) is 16.3. The van der Waals surface area contributed by atoms with E-state index in [1.807, 2.05) is 35.0 Å². The molecule has 140 valence electrons. The lowest BCUT2D eigenvalue weighted by Crippen LogP contribution is -2.27. The molecule has 7 heteroatoms. The van der Waals surface area contributed by atoms with Crippen LogP contribution < -0.4 is 10.6 Å². The maximum atomic E-state index is 12.3. The van der Waals surface area contributed by atoms with Crippen molar-refractivity contribution in [3.8, 4) is 0 Å². The summed E-state index contributed by atoms with van der Waals surface area (Å²) in [5.74, 6) is -0.0277. The molecular formula is C20H20Cl2N4O. The highest BCUT2D eigenvalue weighted by Crippen LogP contribution is 2.33. The van der Waals surface area contributed by atoms with Crippen LogP contribution >= 0.6 is 23.2 Å². The van der Waals surface area contributed by atoms with Crippen LogP contribution in [0, 0.1) is 0 Å². The first-order valence-electron chi connectivity index (χ1n) is 8.65. The normalized spacial score (nSPS) is 10.6. The van der Waals surface area contributed by atoms with E-state index in [0.717, 1.165) is 24.2 Å². The van der Waals surface area contributed by atoms with Crippen LogP contribution in [0.1, 0.15) is 12.0 Å². The number of amides is 1. The van der Waals surface area contributed by atoms with Gasteiger partial charge in [0.25, 0.3) is 0 Å². The van der Waals surface area contributed by atoms with Gasteiger partial charge in [-0.2, -0.15) is 0 Å². The van der Waals surface area contributed by atoms with Crippen molar-refractivity contribution in [2.24, 2.45) is 0 Å². The number of benzene rings is 2. The van der Waals surface area contributed by atoms with Crippen LogP contribution in [0.25, 0.3) is 0 Å². The van der Waals surface area contributed by atoms with Crippen LogP contribution in [0.15, 0.2) is 61.2 Å². The smallest absolute Gasteiger partial charge is 0.224 e. The molecule has 2 aromatic carbocycles. The molecule has 27 heavy (non-hydrogen) atoms. The fourth-order valence-corrected chi connectivity index (χ4v) is 3.18. The quantitative estimate of drug-likeness (QED) is 0.537. The summed E-state index contributed by atoms with van der Waals surface area (Å²) < 4.78 is 1.98. The largest absolute Gasteiger partial charge is 0.356 e. The third-order valence-electron chi connectivity index (χ3n) is 4.07. The van der Waals surface area contributed by atoms with Crippen molar-refractivity contribution in [1.29, 1.82) is 0 Å². The number of nitrogens with zero attached hydrogens (tertiary/aromatic N) is 2. The maximum Gasteiger partial charge on any atom is 0.224 e. The van der Waals surface area contributed by atoms with E-state index in [9.17, 15) is 4.79 Å². The molecule has 0 radical (unpaired) electrons. The minimum Gasteiger partial charge on any atom is -0.356 e. The Morgan fingerprint density at radius 1 is 1.07 bits per heavy atom. The number of nitrogens with one attached hydrogen (secondary N) is 2. The number of hydrogen-bond donors (Lipinski definition) is 2. The van der Waals surface area contributed by atoms with Crippen LogP contribution in [-0.2, 0) is 17.8 Å². The van der Waals surface area contributed by atoms with Gasteiger partial charge in [0, 0.05) is 31.2 Å². The zero-order valence-electron chi connectivity index (χ0n) is 14.7. The van der Waals surface area contributed by atoms with E-state index in [2.05, 4.69) is 15.6 Å². The topological polar surface area (TPSA) is 59.0 Å².